The number of amides is 2. The topological polar surface area (TPSA) is 74.8 Å². The largest absolute Gasteiger partial charge is 0.376 e. The number of carbonyl (C=O) groups excluding carboxylic acids is 2. The minimum absolute atomic E-state index is 0.0665. The molecule has 0 aromatic carbocycles. The number of likely N-dealkylation sites (tertiary alicyclic amines) is 2. The second-order valence-corrected chi connectivity index (χ2v) is 8.38. The van der Waals surface area contributed by atoms with E-state index in [0.717, 1.165) is 64.9 Å². The molecule has 28 heavy (non-hydrogen) atoms. The number of ether oxygens (including phenoxy) is 1. The van der Waals surface area contributed by atoms with Crippen LogP contribution in [-0.4, -0.2) is 72.5 Å². The molecule has 0 bridgehead atoms. The summed E-state index contributed by atoms with van der Waals surface area (Å²) < 4.78 is 5.74. The number of nitrogens with one attached hydrogen (secondary N) is 1. The Morgan fingerprint density at radius 2 is 2.18 bits per heavy atom. The number of carbonyl (C=O) groups is 2. The minimum atomic E-state index is 0.0665. The molecule has 1 spiro atoms. The predicted molar refractivity (Wildman–Crippen MR) is 106 cm³/mol. The van der Waals surface area contributed by atoms with E-state index in [0.29, 0.717) is 17.8 Å². The lowest BCUT2D eigenvalue weighted by molar-refractivity contribution is -0.141. The zero-order chi connectivity index (χ0) is 19.6. The number of nitrogens with zero attached hydrogens (tertiary/aromatic N) is 3. The Labute approximate surface area is 166 Å². The van der Waals surface area contributed by atoms with Crippen molar-refractivity contribution in [1.82, 2.24) is 14.8 Å². The van der Waals surface area contributed by atoms with E-state index in [1.165, 1.54) is 0 Å². The fraction of sp³-hybridized carbons (Fsp3) is 0.667. The monoisotopic (exact) mass is 386 g/mol. The van der Waals surface area contributed by atoms with Crippen molar-refractivity contribution in [3.8, 4) is 0 Å². The van der Waals surface area contributed by atoms with Gasteiger partial charge in [0.25, 0.3) is 5.91 Å². The second-order valence-electron chi connectivity index (χ2n) is 8.38. The molecule has 7 heteroatoms. The molecule has 0 unspecified atom stereocenters. The van der Waals surface area contributed by atoms with Crippen molar-refractivity contribution in [3.63, 3.8) is 0 Å². The van der Waals surface area contributed by atoms with Crippen LogP contribution in [0.1, 0.15) is 48.9 Å². The van der Waals surface area contributed by atoms with Crippen molar-refractivity contribution in [2.75, 3.05) is 45.2 Å². The van der Waals surface area contributed by atoms with Gasteiger partial charge in [-0.1, -0.05) is 0 Å². The molecule has 0 aliphatic carbocycles. The van der Waals surface area contributed by atoms with Crippen LogP contribution >= 0.6 is 0 Å². The molecule has 4 heterocycles. The van der Waals surface area contributed by atoms with Crippen molar-refractivity contribution in [3.05, 3.63) is 23.9 Å². The van der Waals surface area contributed by atoms with Crippen LogP contribution in [0.5, 0.6) is 0 Å². The predicted octanol–water partition coefficient (Wildman–Crippen LogP) is 2.15. The zero-order valence-electron chi connectivity index (χ0n) is 16.7. The van der Waals surface area contributed by atoms with Gasteiger partial charge in [-0.15, -0.1) is 0 Å². The number of piperidine rings is 2. The van der Waals surface area contributed by atoms with E-state index < -0.39 is 0 Å². The third-order valence-electron chi connectivity index (χ3n) is 6.57. The number of hydrogen-bond acceptors (Lipinski definition) is 5. The maximum atomic E-state index is 12.9. The highest BCUT2D eigenvalue weighted by Gasteiger charge is 2.42. The van der Waals surface area contributed by atoms with Crippen molar-refractivity contribution in [2.24, 2.45) is 5.41 Å². The highest BCUT2D eigenvalue weighted by molar-refractivity contribution is 5.94. The van der Waals surface area contributed by atoms with Gasteiger partial charge in [0.05, 0.1) is 6.10 Å². The number of anilines is 1. The summed E-state index contributed by atoms with van der Waals surface area (Å²) in [5, 5.41) is 2.98. The normalized spacial score (nSPS) is 24.6. The second kappa shape index (κ2) is 8.07. The number of hydrogen-bond donors (Lipinski definition) is 1. The zero-order valence-corrected chi connectivity index (χ0v) is 16.7. The molecule has 0 radical (unpaired) electrons. The van der Waals surface area contributed by atoms with Crippen molar-refractivity contribution >= 4 is 17.6 Å². The van der Waals surface area contributed by atoms with Crippen LogP contribution in [0.4, 0.5) is 5.82 Å². The molecule has 1 aromatic rings. The van der Waals surface area contributed by atoms with Gasteiger partial charge in [0.2, 0.25) is 5.91 Å². The molecule has 3 aliphatic rings. The van der Waals surface area contributed by atoms with Crippen LogP contribution in [-0.2, 0) is 9.53 Å². The Morgan fingerprint density at radius 1 is 1.36 bits per heavy atom. The molecule has 3 fully saturated rings. The standard InChI is InChI=1S/C21H30N4O3/c1-22-18-13-16(5-9-23-18)20(27)24-10-7-21(8-11-24)6-4-19(26)25(15-21)14-17-3-2-12-28-17/h5,9,13,17H,2-4,6-8,10-12,14-15H2,1H3,(H,22,23)/t17-/m0/s1. The first-order valence-electron chi connectivity index (χ1n) is 10.4. The van der Waals surface area contributed by atoms with Gasteiger partial charge in [0, 0.05) is 58.0 Å². The first-order chi connectivity index (χ1) is 13.6. The van der Waals surface area contributed by atoms with Crippen LogP contribution in [0.15, 0.2) is 18.3 Å². The van der Waals surface area contributed by atoms with E-state index in [1.807, 2.05) is 9.80 Å². The van der Waals surface area contributed by atoms with E-state index >= 15 is 0 Å². The summed E-state index contributed by atoms with van der Waals surface area (Å²) in [6, 6.07) is 3.57. The smallest absolute Gasteiger partial charge is 0.254 e. The summed E-state index contributed by atoms with van der Waals surface area (Å²) in [5.41, 5.74) is 0.826. The quantitative estimate of drug-likeness (QED) is 0.858. The molecule has 1 N–H and O–H groups in total. The molecular formula is C21H30N4O3. The van der Waals surface area contributed by atoms with Gasteiger partial charge in [0.15, 0.2) is 0 Å². The number of rotatable bonds is 4. The highest BCUT2D eigenvalue weighted by Crippen LogP contribution is 2.40. The molecule has 3 saturated heterocycles. The van der Waals surface area contributed by atoms with Crippen LogP contribution in [0, 0.1) is 5.41 Å². The van der Waals surface area contributed by atoms with Gasteiger partial charge in [-0.25, -0.2) is 4.98 Å². The summed E-state index contributed by atoms with van der Waals surface area (Å²) in [6.07, 6.45) is 7.49. The Balaban J connectivity index is 1.37. The summed E-state index contributed by atoms with van der Waals surface area (Å²) in [7, 11) is 1.80. The Morgan fingerprint density at radius 3 is 2.89 bits per heavy atom. The highest BCUT2D eigenvalue weighted by atomic mass is 16.5. The molecule has 4 rings (SSSR count). The molecule has 7 nitrogen and oxygen atoms in total. The third kappa shape index (κ3) is 3.99. The molecule has 0 saturated carbocycles. The lowest BCUT2D eigenvalue weighted by Crippen LogP contribution is -2.53. The van der Waals surface area contributed by atoms with Crippen molar-refractivity contribution in [2.45, 2.75) is 44.6 Å². The lowest BCUT2D eigenvalue weighted by Gasteiger charge is -2.47. The lowest BCUT2D eigenvalue weighted by atomic mass is 9.72. The van der Waals surface area contributed by atoms with Crippen LogP contribution in [0.3, 0.4) is 0 Å². The maximum Gasteiger partial charge on any atom is 0.254 e. The van der Waals surface area contributed by atoms with Gasteiger partial charge in [0.1, 0.15) is 5.82 Å². The van der Waals surface area contributed by atoms with E-state index in [2.05, 4.69) is 10.3 Å². The molecule has 152 valence electrons. The summed E-state index contributed by atoms with van der Waals surface area (Å²) >= 11 is 0. The minimum Gasteiger partial charge on any atom is -0.376 e. The molecule has 3 aliphatic heterocycles. The summed E-state index contributed by atoms with van der Waals surface area (Å²) in [6.45, 7) is 3.86. The van der Waals surface area contributed by atoms with Crippen molar-refractivity contribution < 1.29 is 14.3 Å². The van der Waals surface area contributed by atoms with Crippen LogP contribution < -0.4 is 5.32 Å². The van der Waals surface area contributed by atoms with E-state index in [4.69, 9.17) is 4.74 Å². The van der Waals surface area contributed by atoms with E-state index in [-0.39, 0.29) is 23.3 Å². The SMILES string of the molecule is CNc1cc(C(=O)N2CCC3(CCC(=O)N(C[C@@H]4CCCO4)C3)CC2)ccn1. The van der Waals surface area contributed by atoms with Gasteiger partial charge < -0.3 is 19.9 Å². The van der Waals surface area contributed by atoms with Gasteiger partial charge >= 0.3 is 0 Å². The van der Waals surface area contributed by atoms with Crippen molar-refractivity contribution in [1.29, 1.82) is 0 Å². The molecule has 1 atom stereocenters. The van der Waals surface area contributed by atoms with Gasteiger partial charge in [-0.2, -0.15) is 0 Å². The molecule has 2 amide bonds. The average molecular weight is 386 g/mol. The first-order valence-corrected chi connectivity index (χ1v) is 10.4. The number of pyridine rings is 1. The summed E-state index contributed by atoms with van der Waals surface area (Å²) in [5.74, 6) is 1.03. The van der Waals surface area contributed by atoms with Crippen LogP contribution in [0.25, 0.3) is 0 Å². The fourth-order valence-electron chi connectivity index (χ4n) is 4.78. The molecule has 1 aromatic heterocycles. The average Bonchev–Trinajstić information content (AvgIpc) is 3.24. The molecular weight excluding hydrogens is 356 g/mol. The fourth-order valence-corrected chi connectivity index (χ4v) is 4.78. The Hall–Kier alpha value is -2.15. The van der Waals surface area contributed by atoms with Gasteiger partial charge in [-0.3, -0.25) is 9.59 Å². The summed E-state index contributed by atoms with van der Waals surface area (Å²) in [4.78, 5) is 33.4. The number of aromatic nitrogens is 1. The first kappa shape index (κ1) is 19.2. The van der Waals surface area contributed by atoms with E-state index in [9.17, 15) is 9.59 Å². The maximum absolute atomic E-state index is 12.9. The Kier molecular flexibility index (Phi) is 5.53. The van der Waals surface area contributed by atoms with Gasteiger partial charge in [-0.05, 0) is 49.7 Å². The van der Waals surface area contributed by atoms with E-state index in [1.54, 1.807) is 25.4 Å². The van der Waals surface area contributed by atoms with Crippen LogP contribution in [0.2, 0.25) is 0 Å². The Bertz CT molecular complexity index is 724. The third-order valence-corrected chi connectivity index (χ3v) is 6.57.